The van der Waals surface area contributed by atoms with Crippen LogP contribution in [0.4, 0.5) is 4.39 Å². The van der Waals surface area contributed by atoms with Gasteiger partial charge in [0.05, 0.1) is 22.9 Å². The number of aliphatic hydroxyl groups excluding tert-OH is 1. The Morgan fingerprint density at radius 2 is 2.04 bits per heavy atom. The third-order valence-electron chi connectivity index (χ3n) is 4.71. The van der Waals surface area contributed by atoms with Crippen LogP contribution in [0.1, 0.15) is 35.8 Å². The van der Waals surface area contributed by atoms with E-state index in [0.717, 1.165) is 18.2 Å². The van der Waals surface area contributed by atoms with Crippen LogP contribution in [0.5, 0.6) is 0 Å². The lowest BCUT2D eigenvalue weighted by molar-refractivity contribution is 0.0520. The maximum atomic E-state index is 13.3. The highest BCUT2D eigenvalue weighted by Gasteiger charge is 2.27. The number of aromatic nitrogens is 1. The Morgan fingerprint density at radius 3 is 2.70 bits per heavy atom. The second-order valence-electron chi connectivity index (χ2n) is 6.33. The molecule has 0 aliphatic carbocycles. The predicted molar refractivity (Wildman–Crippen MR) is 86.7 cm³/mol. The summed E-state index contributed by atoms with van der Waals surface area (Å²) in [6.45, 7) is 4.88. The highest BCUT2D eigenvalue weighted by molar-refractivity contribution is 5.98. The number of hydrogen-bond donors (Lipinski definition) is 1. The molecule has 1 saturated heterocycles. The smallest absolute Gasteiger partial charge is 0.255 e. The summed E-state index contributed by atoms with van der Waals surface area (Å²) in [6, 6.07) is 6.19. The van der Waals surface area contributed by atoms with Gasteiger partial charge in [0.2, 0.25) is 0 Å². The molecule has 1 aromatic carbocycles. The number of carbonyl (C=O) groups is 1. The Kier molecular flexibility index (Phi) is 4.31. The van der Waals surface area contributed by atoms with Gasteiger partial charge in [0, 0.05) is 24.5 Å². The first kappa shape index (κ1) is 15.9. The Morgan fingerprint density at radius 1 is 1.35 bits per heavy atom. The minimum atomic E-state index is -0.330. The normalized spacial score (nSPS) is 17.5. The van der Waals surface area contributed by atoms with Crippen molar-refractivity contribution in [2.75, 3.05) is 13.1 Å². The van der Waals surface area contributed by atoms with Crippen LogP contribution in [0.15, 0.2) is 24.3 Å². The van der Waals surface area contributed by atoms with Crippen LogP contribution in [0.3, 0.4) is 0 Å². The Labute approximate surface area is 134 Å². The maximum Gasteiger partial charge on any atom is 0.255 e. The molecule has 0 spiro atoms. The number of nitrogens with zero attached hydrogens (tertiary/aromatic N) is 2. The molecule has 1 amide bonds. The van der Waals surface area contributed by atoms with Gasteiger partial charge in [-0.3, -0.25) is 9.78 Å². The molecule has 2 aromatic rings. The van der Waals surface area contributed by atoms with Gasteiger partial charge in [0.15, 0.2) is 0 Å². The minimum absolute atomic E-state index is 0.0368. The van der Waals surface area contributed by atoms with E-state index >= 15 is 0 Å². The number of benzene rings is 1. The van der Waals surface area contributed by atoms with E-state index in [4.69, 9.17) is 0 Å². The number of halogens is 1. The highest BCUT2D eigenvalue weighted by atomic mass is 19.1. The van der Waals surface area contributed by atoms with E-state index < -0.39 is 0 Å². The number of piperidine rings is 1. The number of aliphatic hydroxyl groups is 1. The molecule has 0 saturated carbocycles. The molecule has 23 heavy (non-hydrogen) atoms. The monoisotopic (exact) mass is 316 g/mol. The quantitative estimate of drug-likeness (QED) is 0.927. The fraction of sp³-hybridized carbons (Fsp3) is 0.444. The Hall–Kier alpha value is -2.01. The zero-order valence-electron chi connectivity index (χ0n) is 13.4. The Bertz CT molecular complexity index is 737. The molecule has 4 nitrogen and oxygen atoms in total. The number of rotatable bonds is 2. The SMILES string of the molecule is Cc1nc2cc(F)ccc2cc1C(=O)N1CCC(C(C)O)CC1. The van der Waals surface area contributed by atoms with E-state index in [-0.39, 0.29) is 23.7 Å². The molecule has 1 unspecified atom stereocenters. The molecule has 1 N–H and O–H groups in total. The standard InChI is InChI=1S/C18H21FN2O2/c1-11-16(9-14-3-4-15(19)10-17(14)20-11)18(23)21-7-5-13(6-8-21)12(2)22/h3-4,9-10,12-13,22H,5-8H2,1-2H3. The summed E-state index contributed by atoms with van der Waals surface area (Å²) >= 11 is 0. The van der Waals surface area contributed by atoms with Gasteiger partial charge in [-0.25, -0.2) is 4.39 Å². The van der Waals surface area contributed by atoms with Gasteiger partial charge >= 0.3 is 0 Å². The van der Waals surface area contributed by atoms with Crippen LogP contribution < -0.4 is 0 Å². The van der Waals surface area contributed by atoms with Crippen molar-refractivity contribution in [2.24, 2.45) is 5.92 Å². The van der Waals surface area contributed by atoms with Crippen molar-refractivity contribution < 1.29 is 14.3 Å². The molecule has 1 aromatic heterocycles. The van der Waals surface area contributed by atoms with Gasteiger partial charge in [-0.15, -0.1) is 0 Å². The Balaban J connectivity index is 1.84. The third kappa shape index (κ3) is 3.20. The second kappa shape index (κ2) is 6.24. The van der Waals surface area contributed by atoms with E-state index in [1.165, 1.54) is 12.1 Å². The zero-order valence-corrected chi connectivity index (χ0v) is 13.4. The van der Waals surface area contributed by atoms with E-state index in [0.29, 0.717) is 29.9 Å². The summed E-state index contributed by atoms with van der Waals surface area (Å²) in [7, 11) is 0. The fourth-order valence-corrected chi connectivity index (χ4v) is 3.21. The van der Waals surface area contributed by atoms with E-state index in [9.17, 15) is 14.3 Å². The summed E-state index contributed by atoms with van der Waals surface area (Å²) < 4.78 is 13.3. The fourth-order valence-electron chi connectivity index (χ4n) is 3.21. The van der Waals surface area contributed by atoms with E-state index in [1.807, 2.05) is 4.90 Å². The van der Waals surface area contributed by atoms with Crippen LogP contribution >= 0.6 is 0 Å². The largest absolute Gasteiger partial charge is 0.393 e. The van der Waals surface area contributed by atoms with Gasteiger partial charge in [-0.2, -0.15) is 0 Å². The van der Waals surface area contributed by atoms with Gasteiger partial charge in [0.25, 0.3) is 5.91 Å². The van der Waals surface area contributed by atoms with Gasteiger partial charge in [-0.1, -0.05) is 0 Å². The van der Waals surface area contributed by atoms with Crippen LogP contribution in [0, 0.1) is 18.7 Å². The molecule has 3 rings (SSSR count). The average Bonchev–Trinajstić information content (AvgIpc) is 2.53. The molecule has 5 heteroatoms. The number of amides is 1. The van der Waals surface area contributed by atoms with Crippen LogP contribution in [0.25, 0.3) is 10.9 Å². The minimum Gasteiger partial charge on any atom is -0.393 e. The first-order chi connectivity index (χ1) is 11.0. The number of carbonyl (C=O) groups excluding carboxylic acids is 1. The van der Waals surface area contributed by atoms with E-state index in [1.54, 1.807) is 26.0 Å². The van der Waals surface area contributed by atoms with Crippen LogP contribution in [-0.2, 0) is 0 Å². The lowest BCUT2D eigenvalue weighted by Crippen LogP contribution is -2.41. The summed E-state index contributed by atoms with van der Waals surface area (Å²) in [6.07, 6.45) is 1.30. The third-order valence-corrected chi connectivity index (χ3v) is 4.71. The van der Waals surface area contributed by atoms with Crippen molar-refractivity contribution in [1.29, 1.82) is 0 Å². The maximum absolute atomic E-state index is 13.3. The number of likely N-dealkylation sites (tertiary alicyclic amines) is 1. The molecule has 1 atom stereocenters. The van der Waals surface area contributed by atoms with Crippen molar-refractivity contribution in [3.05, 3.63) is 41.3 Å². The first-order valence-electron chi connectivity index (χ1n) is 8.00. The number of fused-ring (bicyclic) bond motifs is 1. The number of pyridine rings is 1. The van der Waals surface area contributed by atoms with Crippen molar-refractivity contribution in [3.63, 3.8) is 0 Å². The van der Waals surface area contributed by atoms with Crippen molar-refractivity contribution >= 4 is 16.8 Å². The molecule has 1 aliphatic heterocycles. The summed E-state index contributed by atoms with van der Waals surface area (Å²) in [4.78, 5) is 18.9. The molecular formula is C18H21FN2O2. The van der Waals surface area contributed by atoms with Crippen LogP contribution in [-0.4, -0.2) is 40.1 Å². The lowest BCUT2D eigenvalue weighted by atomic mass is 9.92. The molecule has 122 valence electrons. The summed E-state index contributed by atoms with van der Waals surface area (Å²) in [5.41, 5.74) is 1.75. The predicted octanol–water partition coefficient (Wildman–Crippen LogP) is 2.92. The molecule has 1 aliphatic rings. The van der Waals surface area contributed by atoms with Crippen molar-refractivity contribution in [2.45, 2.75) is 32.8 Å². The highest BCUT2D eigenvalue weighted by Crippen LogP contribution is 2.24. The average molecular weight is 316 g/mol. The second-order valence-corrected chi connectivity index (χ2v) is 6.33. The van der Waals surface area contributed by atoms with Gasteiger partial charge < -0.3 is 10.0 Å². The topological polar surface area (TPSA) is 53.4 Å². The molecular weight excluding hydrogens is 295 g/mol. The molecule has 1 fully saturated rings. The summed E-state index contributed by atoms with van der Waals surface area (Å²) in [5, 5.41) is 10.4. The molecule has 0 radical (unpaired) electrons. The van der Waals surface area contributed by atoms with Crippen molar-refractivity contribution in [1.82, 2.24) is 9.88 Å². The van der Waals surface area contributed by atoms with Crippen LogP contribution in [0.2, 0.25) is 0 Å². The van der Waals surface area contributed by atoms with E-state index in [2.05, 4.69) is 4.98 Å². The number of aryl methyl sites for hydroxylation is 1. The summed E-state index contributed by atoms with van der Waals surface area (Å²) in [5.74, 6) is -0.105. The van der Waals surface area contributed by atoms with Gasteiger partial charge in [0.1, 0.15) is 5.82 Å². The first-order valence-corrected chi connectivity index (χ1v) is 8.00. The lowest BCUT2D eigenvalue weighted by Gasteiger charge is -2.33. The number of hydrogen-bond acceptors (Lipinski definition) is 3. The molecule has 0 bridgehead atoms. The molecule has 2 heterocycles. The van der Waals surface area contributed by atoms with Gasteiger partial charge in [-0.05, 0) is 50.8 Å². The zero-order chi connectivity index (χ0) is 16.6. The van der Waals surface area contributed by atoms with Crippen molar-refractivity contribution in [3.8, 4) is 0 Å².